The summed E-state index contributed by atoms with van der Waals surface area (Å²) in [4.78, 5) is 22.1. The molecule has 2 aromatic carbocycles. The lowest BCUT2D eigenvalue weighted by atomic mass is 10.2. The normalized spacial score (nSPS) is 11.4. The molecule has 0 amide bonds. The van der Waals surface area contributed by atoms with Crippen molar-refractivity contribution in [2.45, 2.75) is 31.3 Å². The molecule has 0 spiro atoms. The van der Waals surface area contributed by atoms with Gasteiger partial charge in [0.15, 0.2) is 11.0 Å². The molecule has 0 saturated carbocycles. The number of nitrogens with one attached hydrogen (secondary N) is 1. The highest BCUT2D eigenvalue weighted by Gasteiger charge is 2.17. The lowest BCUT2D eigenvalue weighted by Gasteiger charge is -2.10. The van der Waals surface area contributed by atoms with Crippen LogP contribution < -0.4 is 5.56 Å². The summed E-state index contributed by atoms with van der Waals surface area (Å²) in [5.41, 5.74) is 2.99. The molecule has 0 atom stereocenters. The van der Waals surface area contributed by atoms with E-state index in [1.54, 1.807) is 11.3 Å². The molecule has 0 fully saturated rings. The number of hydrogen-bond acceptors (Lipinski definition) is 6. The number of hydrogen-bond donors (Lipinski definition) is 1. The van der Waals surface area contributed by atoms with Gasteiger partial charge in [-0.25, -0.2) is 4.98 Å². The second kappa shape index (κ2) is 9.13. The number of rotatable bonds is 6. The summed E-state index contributed by atoms with van der Waals surface area (Å²) in [6, 6.07) is 17.8. The third kappa shape index (κ3) is 4.46. The number of benzene rings is 2. The molecule has 5 rings (SSSR count). The Hall–Kier alpha value is -2.94. The number of thioether (sulfide) groups is 1. The first-order valence-corrected chi connectivity index (χ1v) is 12.5. The lowest BCUT2D eigenvalue weighted by molar-refractivity contribution is 0.714. The molecular weight excluding hydrogens is 474 g/mol. The van der Waals surface area contributed by atoms with E-state index in [1.165, 1.54) is 11.8 Å². The molecule has 5 aromatic rings. The minimum Gasteiger partial charge on any atom is -0.309 e. The molecule has 6 nitrogen and oxygen atoms in total. The molecule has 1 N–H and O–H groups in total. The predicted molar refractivity (Wildman–Crippen MR) is 135 cm³/mol. The second-order valence-corrected chi connectivity index (χ2v) is 10.2. The molecule has 166 valence electrons. The predicted octanol–water partition coefficient (Wildman–Crippen LogP) is 5.85. The molecule has 3 heterocycles. The van der Waals surface area contributed by atoms with E-state index in [-0.39, 0.29) is 5.56 Å². The van der Waals surface area contributed by atoms with Gasteiger partial charge in [0, 0.05) is 15.5 Å². The van der Waals surface area contributed by atoms with E-state index in [1.807, 2.05) is 56.3 Å². The minimum atomic E-state index is -0.0925. The molecule has 0 aliphatic heterocycles. The number of H-pyrrole nitrogens is 1. The average molecular weight is 494 g/mol. The number of thiophene rings is 1. The van der Waals surface area contributed by atoms with Crippen LogP contribution in [-0.2, 0) is 12.3 Å². The van der Waals surface area contributed by atoms with Crippen LogP contribution in [0.3, 0.4) is 0 Å². The van der Waals surface area contributed by atoms with Crippen LogP contribution in [0.1, 0.15) is 21.8 Å². The van der Waals surface area contributed by atoms with Crippen molar-refractivity contribution >= 4 is 44.9 Å². The SMILES string of the molecule is Cc1sc2nc(CSc3nnc(-c4ccc(Cl)cc4)n3Cc3ccccc3)[nH]c(=O)c2c1C. The van der Waals surface area contributed by atoms with Gasteiger partial charge in [-0.15, -0.1) is 21.5 Å². The monoisotopic (exact) mass is 493 g/mol. The first-order chi connectivity index (χ1) is 16.0. The maximum absolute atomic E-state index is 12.6. The maximum atomic E-state index is 12.6. The van der Waals surface area contributed by atoms with Gasteiger partial charge in [-0.3, -0.25) is 9.36 Å². The highest BCUT2D eigenvalue weighted by molar-refractivity contribution is 7.98. The zero-order chi connectivity index (χ0) is 22.9. The summed E-state index contributed by atoms with van der Waals surface area (Å²) in [5.74, 6) is 1.87. The zero-order valence-corrected chi connectivity index (χ0v) is 20.4. The quantitative estimate of drug-likeness (QED) is 0.300. The van der Waals surface area contributed by atoms with E-state index in [0.717, 1.165) is 37.4 Å². The Kier molecular flexibility index (Phi) is 6.05. The fourth-order valence-corrected chi connectivity index (χ4v) is 5.60. The van der Waals surface area contributed by atoms with Crippen LogP contribution in [0.4, 0.5) is 0 Å². The molecule has 9 heteroatoms. The Labute approximate surface area is 203 Å². The summed E-state index contributed by atoms with van der Waals surface area (Å²) >= 11 is 9.13. The average Bonchev–Trinajstić information content (AvgIpc) is 3.33. The minimum absolute atomic E-state index is 0.0925. The van der Waals surface area contributed by atoms with Crippen molar-refractivity contribution in [3.8, 4) is 11.4 Å². The van der Waals surface area contributed by atoms with Crippen LogP contribution in [-0.4, -0.2) is 24.7 Å². The molecule has 0 bridgehead atoms. The van der Waals surface area contributed by atoms with Crippen molar-refractivity contribution in [2.75, 3.05) is 0 Å². The van der Waals surface area contributed by atoms with Gasteiger partial charge in [0.25, 0.3) is 5.56 Å². The molecule has 0 radical (unpaired) electrons. The maximum Gasteiger partial charge on any atom is 0.259 e. The van der Waals surface area contributed by atoms with E-state index in [0.29, 0.717) is 28.5 Å². The molecule has 0 aliphatic carbocycles. The van der Waals surface area contributed by atoms with Crippen molar-refractivity contribution in [1.82, 2.24) is 24.7 Å². The summed E-state index contributed by atoms with van der Waals surface area (Å²) < 4.78 is 2.08. The van der Waals surface area contributed by atoms with Gasteiger partial charge in [0.1, 0.15) is 10.7 Å². The van der Waals surface area contributed by atoms with Crippen molar-refractivity contribution in [3.63, 3.8) is 0 Å². The Morgan fingerprint density at radius 2 is 1.82 bits per heavy atom. The third-order valence-electron chi connectivity index (χ3n) is 5.43. The van der Waals surface area contributed by atoms with Crippen molar-refractivity contribution in [2.24, 2.45) is 0 Å². The summed E-state index contributed by atoms with van der Waals surface area (Å²) in [6.45, 7) is 4.60. The van der Waals surface area contributed by atoms with Crippen molar-refractivity contribution < 1.29 is 0 Å². The fourth-order valence-electron chi connectivity index (χ4n) is 3.62. The van der Waals surface area contributed by atoms with Gasteiger partial charge in [-0.05, 0) is 49.2 Å². The fraction of sp³-hybridized carbons (Fsp3) is 0.167. The smallest absolute Gasteiger partial charge is 0.259 e. The first-order valence-electron chi connectivity index (χ1n) is 10.3. The van der Waals surface area contributed by atoms with E-state index < -0.39 is 0 Å². The standard InChI is InChI=1S/C24H20ClN5OS2/c1-14-15(2)33-23-20(14)22(31)26-19(27-23)13-32-24-29-28-21(17-8-10-18(25)11-9-17)30(24)12-16-6-4-3-5-7-16/h3-11H,12-13H2,1-2H3,(H,26,27,31). The summed E-state index contributed by atoms with van der Waals surface area (Å²) in [5, 5.41) is 11.0. The van der Waals surface area contributed by atoms with Crippen LogP contribution in [0, 0.1) is 13.8 Å². The molecule has 33 heavy (non-hydrogen) atoms. The number of aromatic nitrogens is 5. The molecule has 0 saturated heterocycles. The molecule has 0 unspecified atom stereocenters. The van der Waals surface area contributed by atoms with E-state index >= 15 is 0 Å². The number of halogens is 1. The van der Waals surface area contributed by atoms with E-state index in [2.05, 4.69) is 31.9 Å². The highest BCUT2D eigenvalue weighted by atomic mass is 35.5. The molecular formula is C24H20ClN5OS2. The van der Waals surface area contributed by atoms with Gasteiger partial charge in [-0.1, -0.05) is 53.7 Å². The van der Waals surface area contributed by atoms with Gasteiger partial charge < -0.3 is 4.98 Å². The van der Waals surface area contributed by atoms with E-state index in [4.69, 9.17) is 16.6 Å². The van der Waals surface area contributed by atoms with Crippen LogP contribution in [0.5, 0.6) is 0 Å². The Morgan fingerprint density at radius 1 is 1.06 bits per heavy atom. The molecule has 0 aliphatic rings. The third-order valence-corrected chi connectivity index (χ3v) is 7.76. The lowest BCUT2D eigenvalue weighted by Crippen LogP contribution is -2.11. The Balaban J connectivity index is 1.48. The number of nitrogens with zero attached hydrogens (tertiary/aromatic N) is 4. The second-order valence-electron chi connectivity index (χ2n) is 7.65. The number of aromatic amines is 1. The van der Waals surface area contributed by atoms with Crippen LogP contribution in [0.2, 0.25) is 5.02 Å². The van der Waals surface area contributed by atoms with Crippen LogP contribution >= 0.6 is 34.7 Å². The highest BCUT2D eigenvalue weighted by Crippen LogP contribution is 2.29. The van der Waals surface area contributed by atoms with Gasteiger partial charge in [0.05, 0.1) is 17.7 Å². The number of aryl methyl sites for hydroxylation is 2. The van der Waals surface area contributed by atoms with Gasteiger partial charge >= 0.3 is 0 Å². The zero-order valence-electron chi connectivity index (χ0n) is 18.0. The van der Waals surface area contributed by atoms with Crippen LogP contribution in [0.25, 0.3) is 21.6 Å². The number of fused-ring (bicyclic) bond motifs is 1. The van der Waals surface area contributed by atoms with Crippen molar-refractivity contribution in [1.29, 1.82) is 0 Å². The van der Waals surface area contributed by atoms with E-state index in [9.17, 15) is 4.79 Å². The Morgan fingerprint density at radius 3 is 2.58 bits per heavy atom. The van der Waals surface area contributed by atoms with Gasteiger partial charge in [0.2, 0.25) is 0 Å². The first kappa shape index (κ1) is 21.9. The topological polar surface area (TPSA) is 76.5 Å². The van der Waals surface area contributed by atoms with Crippen molar-refractivity contribution in [3.05, 3.63) is 91.8 Å². The summed E-state index contributed by atoms with van der Waals surface area (Å²) in [7, 11) is 0. The van der Waals surface area contributed by atoms with Gasteiger partial charge in [-0.2, -0.15) is 0 Å². The largest absolute Gasteiger partial charge is 0.309 e. The molecule has 3 aromatic heterocycles. The Bertz CT molecular complexity index is 1490. The van der Waals surface area contributed by atoms with Crippen LogP contribution in [0.15, 0.2) is 64.5 Å². The summed E-state index contributed by atoms with van der Waals surface area (Å²) in [6.07, 6.45) is 0.